The van der Waals surface area contributed by atoms with Gasteiger partial charge in [-0.25, -0.2) is 0 Å². The van der Waals surface area contributed by atoms with Crippen molar-refractivity contribution in [2.24, 2.45) is 0 Å². The third-order valence-corrected chi connectivity index (χ3v) is 1.79. The van der Waals surface area contributed by atoms with Crippen LogP contribution in [-0.2, 0) is 0 Å². The van der Waals surface area contributed by atoms with Crippen LogP contribution >= 0.6 is 0 Å². The monoisotopic (exact) mass is 164 g/mol. The fraction of sp³-hybridized carbons (Fsp3) is 0.300. The molecule has 0 aromatic heterocycles. The number of nitrogens with zero attached hydrogens (tertiary/aromatic N) is 1. The molecular formula is C10H14NO. The molecule has 65 valence electrons. The molecule has 2 nitrogen and oxygen atoms in total. The normalized spacial score (nSPS) is 12.7. The van der Waals surface area contributed by atoms with E-state index in [1.807, 2.05) is 43.3 Å². The second kappa shape index (κ2) is 3.59. The van der Waals surface area contributed by atoms with E-state index >= 15 is 0 Å². The Morgan fingerprint density at radius 2 is 1.75 bits per heavy atom. The summed E-state index contributed by atoms with van der Waals surface area (Å²) in [5, 5.41) is 9.13. The van der Waals surface area contributed by atoms with Gasteiger partial charge in [0.2, 0.25) is 0 Å². The Hall–Kier alpha value is -1.02. The van der Waals surface area contributed by atoms with Gasteiger partial charge in [-0.05, 0) is 24.6 Å². The summed E-state index contributed by atoms with van der Waals surface area (Å²) in [6, 6.07) is 7.69. The van der Waals surface area contributed by atoms with Gasteiger partial charge in [-0.2, -0.15) is 0 Å². The summed E-state index contributed by atoms with van der Waals surface area (Å²) in [7, 11) is 3.96. The first-order chi connectivity index (χ1) is 5.61. The summed E-state index contributed by atoms with van der Waals surface area (Å²) in [5.74, 6) is 0. The van der Waals surface area contributed by atoms with E-state index in [1.165, 1.54) is 0 Å². The maximum atomic E-state index is 9.13. The summed E-state index contributed by atoms with van der Waals surface area (Å²) in [5.41, 5.74) is 1.97. The first-order valence-electron chi connectivity index (χ1n) is 3.89. The molecule has 0 fully saturated rings. The Balaban J connectivity index is 2.86. The number of aliphatic hydroxyl groups is 1. The topological polar surface area (TPSA) is 23.5 Å². The molecule has 0 amide bonds. The maximum absolute atomic E-state index is 9.13. The molecule has 0 aliphatic carbocycles. The van der Waals surface area contributed by atoms with Crippen molar-refractivity contribution < 1.29 is 5.11 Å². The van der Waals surface area contributed by atoms with Crippen molar-refractivity contribution in [3.05, 3.63) is 36.8 Å². The number of benzene rings is 1. The largest absolute Gasteiger partial charge is 0.388 e. The number of anilines is 1. The van der Waals surface area contributed by atoms with Crippen LogP contribution in [0.2, 0.25) is 0 Å². The van der Waals surface area contributed by atoms with Crippen molar-refractivity contribution in [1.29, 1.82) is 0 Å². The van der Waals surface area contributed by atoms with Crippen LogP contribution in [0.15, 0.2) is 24.3 Å². The molecule has 1 radical (unpaired) electrons. The highest BCUT2D eigenvalue weighted by molar-refractivity contribution is 5.46. The summed E-state index contributed by atoms with van der Waals surface area (Å²) >= 11 is 0. The lowest BCUT2D eigenvalue weighted by Crippen LogP contribution is -2.08. The Morgan fingerprint density at radius 1 is 1.25 bits per heavy atom. The van der Waals surface area contributed by atoms with Gasteiger partial charge < -0.3 is 10.0 Å². The Kier molecular flexibility index (Phi) is 2.71. The van der Waals surface area contributed by atoms with Crippen molar-refractivity contribution in [3.63, 3.8) is 0 Å². The van der Waals surface area contributed by atoms with Crippen LogP contribution in [0.25, 0.3) is 0 Å². The molecule has 12 heavy (non-hydrogen) atoms. The van der Waals surface area contributed by atoms with Gasteiger partial charge in [-0.15, -0.1) is 0 Å². The lowest BCUT2D eigenvalue weighted by atomic mass is 10.1. The molecule has 1 aromatic carbocycles. The fourth-order valence-electron chi connectivity index (χ4n) is 0.995. The van der Waals surface area contributed by atoms with Crippen molar-refractivity contribution >= 4 is 5.69 Å². The first kappa shape index (κ1) is 9.07. The number of aliphatic hydroxyl groups excluding tert-OH is 1. The zero-order valence-electron chi connectivity index (χ0n) is 7.49. The molecule has 2 heteroatoms. The molecule has 1 aromatic rings. The minimum atomic E-state index is -0.624. The van der Waals surface area contributed by atoms with Crippen LogP contribution < -0.4 is 4.90 Å². The second-order valence-electron chi connectivity index (χ2n) is 3.00. The lowest BCUT2D eigenvalue weighted by molar-refractivity contribution is 0.226. The third-order valence-electron chi connectivity index (χ3n) is 1.79. The van der Waals surface area contributed by atoms with E-state index in [9.17, 15) is 0 Å². The summed E-state index contributed by atoms with van der Waals surface area (Å²) < 4.78 is 0. The standard InChI is InChI=1S/C10H14NO/c1-8(12)9-4-6-10(7-5-9)11(2)3/h4-8,12H,1H2,2-3H3. The van der Waals surface area contributed by atoms with E-state index in [2.05, 4.69) is 6.92 Å². The maximum Gasteiger partial charge on any atom is 0.0791 e. The predicted molar refractivity (Wildman–Crippen MR) is 51.1 cm³/mol. The van der Waals surface area contributed by atoms with Gasteiger partial charge >= 0.3 is 0 Å². The molecule has 1 N–H and O–H groups in total. The summed E-state index contributed by atoms with van der Waals surface area (Å²) in [6.07, 6.45) is -0.624. The highest BCUT2D eigenvalue weighted by Crippen LogP contribution is 2.16. The van der Waals surface area contributed by atoms with E-state index in [1.54, 1.807) is 0 Å². The molecule has 0 aliphatic heterocycles. The molecule has 0 saturated heterocycles. The quantitative estimate of drug-likeness (QED) is 0.718. The lowest BCUT2D eigenvalue weighted by Gasteiger charge is -2.13. The molecular weight excluding hydrogens is 150 g/mol. The van der Waals surface area contributed by atoms with E-state index in [4.69, 9.17) is 5.11 Å². The molecule has 1 unspecified atom stereocenters. The number of hydrogen-bond donors (Lipinski definition) is 1. The molecule has 0 bridgehead atoms. The number of hydrogen-bond acceptors (Lipinski definition) is 2. The Morgan fingerprint density at radius 3 is 2.08 bits per heavy atom. The van der Waals surface area contributed by atoms with Gasteiger partial charge in [0, 0.05) is 19.8 Å². The Labute approximate surface area is 73.4 Å². The van der Waals surface area contributed by atoms with Gasteiger partial charge in [0.25, 0.3) is 0 Å². The second-order valence-corrected chi connectivity index (χ2v) is 3.00. The van der Waals surface area contributed by atoms with Gasteiger partial charge in [0.15, 0.2) is 0 Å². The summed E-state index contributed by atoms with van der Waals surface area (Å²) in [6.45, 7) is 3.53. The van der Waals surface area contributed by atoms with Gasteiger partial charge in [-0.3, -0.25) is 0 Å². The minimum absolute atomic E-state index is 0.624. The molecule has 1 rings (SSSR count). The fourth-order valence-corrected chi connectivity index (χ4v) is 0.995. The first-order valence-corrected chi connectivity index (χ1v) is 3.89. The average Bonchev–Trinajstić information content (AvgIpc) is 2.04. The van der Waals surface area contributed by atoms with Crippen molar-refractivity contribution in [3.8, 4) is 0 Å². The van der Waals surface area contributed by atoms with E-state index in [0.29, 0.717) is 0 Å². The van der Waals surface area contributed by atoms with Crippen molar-refractivity contribution in [1.82, 2.24) is 0 Å². The minimum Gasteiger partial charge on any atom is -0.388 e. The average molecular weight is 164 g/mol. The molecule has 1 atom stereocenters. The molecule has 0 spiro atoms. The van der Waals surface area contributed by atoms with Crippen LogP contribution in [0, 0.1) is 6.92 Å². The van der Waals surface area contributed by atoms with Crippen LogP contribution in [0.1, 0.15) is 11.7 Å². The predicted octanol–water partition coefficient (Wildman–Crippen LogP) is 1.62. The van der Waals surface area contributed by atoms with Gasteiger partial charge in [0.1, 0.15) is 0 Å². The van der Waals surface area contributed by atoms with Crippen molar-refractivity contribution in [2.45, 2.75) is 6.10 Å². The molecule has 0 aliphatic rings. The van der Waals surface area contributed by atoms with E-state index < -0.39 is 6.10 Å². The van der Waals surface area contributed by atoms with Gasteiger partial charge in [-0.1, -0.05) is 12.1 Å². The zero-order chi connectivity index (χ0) is 9.14. The third kappa shape index (κ3) is 1.98. The zero-order valence-corrected chi connectivity index (χ0v) is 7.49. The highest BCUT2D eigenvalue weighted by atomic mass is 16.3. The molecule has 0 saturated carbocycles. The van der Waals surface area contributed by atoms with Crippen LogP contribution in [0.5, 0.6) is 0 Å². The Bertz CT molecular complexity index is 212. The van der Waals surface area contributed by atoms with Crippen molar-refractivity contribution in [2.75, 3.05) is 19.0 Å². The van der Waals surface area contributed by atoms with Gasteiger partial charge in [0.05, 0.1) is 6.10 Å². The number of rotatable bonds is 2. The van der Waals surface area contributed by atoms with Crippen LogP contribution in [0.3, 0.4) is 0 Å². The smallest absolute Gasteiger partial charge is 0.0791 e. The van der Waals surface area contributed by atoms with E-state index in [-0.39, 0.29) is 0 Å². The van der Waals surface area contributed by atoms with Crippen LogP contribution in [0.4, 0.5) is 5.69 Å². The molecule has 0 heterocycles. The van der Waals surface area contributed by atoms with E-state index in [0.717, 1.165) is 11.3 Å². The highest BCUT2D eigenvalue weighted by Gasteiger charge is 2.00. The SMILES string of the molecule is [CH2]C(O)c1ccc(N(C)C)cc1. The van der Waals surface area contributed by atoms with Crippen LogP contribution in [-0.4, -0.2) is 19.2 Å². The summed E-state index contributed by atoms with van der Waals surface area (Å²) in [4.78, 5) is 2.01.